The number of ether oxygens (including phenoxy) is 2. The van der Waals surface area contributed by atoms with Crippen LogP contribution in [0.15, 0.2) is 18.2 Å². The summed E-state index contributed by atoms with van der Waals surface area (Å²) in [4.78, 5) is 0. The monoisotopic (exact) mass is 257 g/mol. The predicted molar refractivity (Wildman–Crippen MR) is 63.1 cm³/mol. The highest BCUT2D eigenvalue weighted by Gasteiger charge is 2.19. The van der Waals surface area contributed by atoms with Gasteiger partial charge in [0.1, 0.15) is 11.6 Å². The predicted octanol–water partition coefficient (Wildman–Crippen LogP) is 2.16. The Hall–Kier alpha value is -1.04. The van der Waals surface area contributed by atoms with Gasteiger partial charge < -0.3 is 15.2 Å². The standard InChI is InChI=1S/C13H17F2NO2/c14-10-4-1-5-11(15)13(10)12(16)8-17-7-9-3-2-6-18-9/h1,4-5,9,12H,2-3,6-8,16H2. The van der Waals surface area contributed by atoms with Crippen molar-refractivity contribution in [1.82, 2.24) is 0 Å². The number of nitrogens with two attached hydrogens (primary N) is 1. The molecule has 0 aliphatic carbocycles. The van der Waals surface area contributed by atoms with Crippen molar-refractivity contribution < 1.29 is 18.3 Å². The van der Waals surface area contributed by atoms with Crippen LogP contribution >= 0.6 is 0 Å². The molecule has 0 aromatic heterocycles. The van der Waals surface area contributed by atoms with Gasteiger partial charge in [-0.15, -0.1) is 0 Å². The molecular weight excluding hydrogens is 240 g/mol. The zero-order chi connectivity index (χ0) is 13.0. The molecule has 1 aliphatic rings. The molecule has 3 nitrogen and oxygen atoms in total. The summed E-state index contributed by atoms with van der Waals surface area (Å²) in [6.07, 6.45) is 2.08. The van der Waals surface area contributed by atoms with E-state index in [9.17, 15) is 8.78 Å². The second kappa shape index (κ2) is 6.22. The largest absolute Gasteiger partial charge is 0.377 e. The van der Waals surface area contributed by atoms with E-state index in [1.54, 1.807) is 0 Å². The molecule has 1 fully saturated rings. The van der Waals surface area contributed by atoms with Crippen molar-refractivity contribution in [2.45, 2.75) is 25.0 Å². The fraction of sp³-hybridized carbons (Fsp3) is 0.538. The van der Waals surface area contributed by atoms with E-state index in [1.165, 1.54) is 18.2 Å². The molecule has 2 unspecified atom stereocenters. The van der Waals surface area contributed by atoms with Gasteiger partial charge >= 0.3 is 0 Å². The van der Waals surface area contributed by atoms with Gasteiger partial charge in [0.25, 0.3) is 0 Å². The lowest BCUT2D eigenvalue weighted by molar-refractivity contribution is 0.0124. The Bertz CT molecular complexity index is 374. The molecule has 18 heavy (non-hydrogen) atoms. The summed E-state index contributed by atoms with van der Waals surface area (Å²) in [7, 11) is 0. The smallest absolute Gasteiger partial charge is 0.130 e. The highest BCUT2D eigenvalue weighted by Crippen LogP contribution is 2.19. The highest BCUT2D eigenvalue weighted by atomic mass is 19.1. The van der Waals surface area contributed by atoms with E-state index < -0.39 is 17.7 Å². The van der Waals surface area contributed by atoms with E-state index in [2.05, 4.69) is 0 Å². The lowest BCUT2D eigenvalue weighted by Crippen LogP contribution is -2.23. The third-order valence-electron chi connectivity index (χ3n) is 3.00. The molecule has 100 valence electrons. The van der Waals surface area contributed by atoms with Gasteiger partial charge in [0.2, 0.25) is 0 Å². The summed E-state index contributed by atoms with van der Waals surface area (Å²) >= 11 is 0. The first-order valence-electron chi connectivity index (χ1n) is 6.07. The average molecular weight is 257 g/mol. The second-order valence-electron chi connectivity index (χ2n) is 4.41. The molecule has 1 saturated heterocycles. The normalized spacial score (nSPS) is 21.2. The van der Waals surface area contributed by atoms with Crippen molar-refractivity contribution in [3.63, 3.8) is 0 Å². The molecule has 0 bridgehead atoms. The molecular formula is C13H17F2NO2. The first-order chi connectivity index (χ1) is 8.68. The van der Waals surface area contributed by atoms with E-state index >= 15 is 0 Å². The molecule has 1 aliphatic heterocycles. The Morgan fingerprint density at radius 3 is 2.72 bits per heavy atom. The van der Waals surface area contributed by atoms with Gasteiger partial charge in [-0.1, -0.05) is 6.07 Å². The third-order valence-corrected chi connectivity index (χ3v) is 3.00. The Kier molecular flexibility index (Phi) is 4.63. The van der Waals surface area contributed by atoms with Crippen molar-refractivity contribution in [3.8, 4) is 0 Å². The summed E-state index contributed by atoms with van der Waals surface area (Å²) in [5, 5.41) is 0. The summed E-state index contributed by atoms with van der Waals surface area (Å²) in [5.74, 6) is -1.27. The van der Waals surface area contributed by atoms with Crippen LogP contribution in [0.3, 0.4) is 0 Å². The van der Waals surface area contributed by atoms with Gasteiger partial charge in [0.05, 0.1) is 25.4 Å². The maximum atomic E-state index is 13.4. The van der Waals surface area contributed by atoms with Crippen LogP contribution in [-0.4, -0.2) is 25.9 Å². The first kappa shape index (κ1) is 13.4. The Balaban J connectivity index is 1.85. The van der Waals surface area contributed by atoms with Crippen molar-refractivity contribution in [2.75, 3.05) is 19.8 Å². The van der Waals surface area contributed by atoms with Gasteiger partial charge in [-0.2, -0.15) is 0 Å². The molecule has 0 amide bonds. The minimum absolute atomic E-state index is 0.0811. The fourth-order valence-corrected chi connectivity index (χ4v) is 2.05. The summed E-state index contributed by atoms with van der Waals surface area (Å²) in [5.41, 5.74) is 5.62. The lowest BCUT2D eigenvalue weighted by atomic mass is 10.1. The topological polar surface area (TPSA) is 44.5 Å². The number of rotatable bonds is 5. The number of benzene rings is 1. The van der Waals surface area contributed by atoms with E-state index in [0.29, 0.717) is 6.61 Å². The zero-order valence-electron chi connectivity index (χ0n) is 10.1. The lowest BCUT2D eigenvalue weighted by Gasteiger charge is -2.16. The Morgan fingerprint density at radius 1 is 1.39 bits per heavy atom. The van der Waals surface area contributed by atoms with Gasteiger partial charge in [-0.25, -0.2) is 8.78 Å². The zero-order valence-corrected chi connectivity index (χ0v) is 10.1. The quantitative estimate of drug-likeness (QED) is 0.879. The first-order valence-corrected chi connectivity index (χ1v) is 6.07. The molecule has 0 saturated carbocycles. The molecule has 2 N–H and O–H groups in total. The molecule has 1 aromatic rings. The van der Waals surface area contributed by atoms with Gasteiger partial charge in [0, 0.05) is 12.2 Å². The average Bonchev–Trinajstić information content (AvgIpc) is 2.82. The van der Waals surface area contributed by atoms with Gasteiger partial charge in [-0.05, 0) is 25.0 Å². The van der Waals surface area contributed by atoms with Crippen LogP contribution in [0, 0.1) is 11.6 Å². The van der Waals surface area contributed by atoms with Crippen LogP contribution in [-0.2, 0) is 9.47 Å². The van der Waals surface area contributed by atoms with Crippen molar-refractivity contribution in [3.05, 3.63) is 35.4 Å². The Morgan fingerprint density at radius 2 is 2.11 bits per heavy atom. The maximum Gasteiger partial charge on any atom is 0.130 e. The van der Waals surface area contributed by atoms with Crippen LogP contribution in [0.25, 0.3) is 0 Å². The summed E-state index contributed by atoms with van der Waals surface area (Å²) in [6.45, 7) is 1.25. The molecule has 1 heterocycles. The van der Waals surface area contributed by atoms with E-state index in [1.807, 2.05) is 0 Å². The van der Waals surface area contributed by atoms with Gasteiger partial charge in [0.15, 0.2) is 0 Å². The van der Waals surface area contributed by atoms with Crippen LogP contribution in [0.1, 0.15) is 24.4 Å². The SMILES string of the molecule is NC(COCC1CCCO1)c1c(F)cccc1F. The third kappa shape index (κ3) is 3.25. The molecule has 0 radical (unpaired) electrons. The Labute approximate surface area is 105 Å². The van der Waals surface area contributed by atoms with Crippen LogP contribution in [0.4, 0.5) is 8.78 Å². The van der Waals surface area contributed by atoms with E-state index in [-0.39, 0.29) is 18.3 Å². The highest BCUT2D eigenvalue weighted by molar-refractivity contribution is 5.23. The van der Waals surface area contributed by atoms with E-state index in [4.69, 9.17) is 15.2 Å². The second-order valence-corrected chi connectivity index (χ2v) is 4.41. The number of hydrogen-bond donors (Lipinski definition) is 1. The van der Waals surface area contributed by atoms with Crippen LogP contribution < -0.4 is 5.73 Å². The maximum absolute atomic E-state index is 13.4. The minimum Gasteiger partial charge on any atom is -0.377 e. The number of halogens is 2. The van der Waals surface area contributed by atoms with E-state index in [0.717, 1.165) is 19.4 Å². The molecule has 2 rings (SSSR count). The number of hydrogen-bond acceptors (Lipinski definition) is 3. The van der Waals surface area contributed by atoms with Crippen LogP contribution in [0.2, 0.25) is 0 Å². The van der Waals surface area contributed by atoms with Gasteiger partial charge in [-0.3, -0.25) is 0 Å². The van der Waals surface area contributed by atoms with Crippen molar-refractivity contribution in [1.29, 1.82) is 0 Å². The molecule has 1 aromatic carbocycles. The minimum atomic E-state index is -0.799. The van der Waals surface area contributed by atoms with Crippen molar-refractivity contribution >= 4 is 0 Å². The fourth-order valence-electron chi connectivity index (χ4n) is 2.05. The van der Waals surface area contributed by atoms with Crippen LogP contribution in [0.5, 0.6) is 0 Å². The molecule has 5 heteroatoms. The molecule has 2 atom stereocenters. The summed E-state index contributed by atoms with van der Waals surface area (Å²) in [6, 6.07) is 2.90. The molecule has 0 spiro atoms. The summed E-state index contributed by atoms with van der Waals surface area (Å²) < 4.78 is 37.6. The van der Waals surface area contributed by atoms with Crippen molar-refractivity contribution in [2.24, 2.45) is 5.73 Å².